The molecule has 2 heterocycles. The van der Waals surface area contributed by atoms with E-state index in [9.17, 15) is 0 Å². The maximum atomic E-state index is 5.90. The Labute approximate surface area is 153 Å². The first-order valence-corrected chi connectivity index (χ1v) is 9.13. The van der Waals surface area contributed by atoms with Crippen molar-refractivity contribution < 1.29 is 9.47 Å². The molecule has 4 nitrogen and oxygen atoms in total. The Balaban J connectivity index is 1.33. The first-order valence-electron chi connectivity index (χ1n) is 9.13. The van der Waals surface area contributed by atoms with Gasteiger partial charge in [-0.2, -0.15) is 5.10 Å². The summed E-state index contributed by atoms with van der Waals surface area (Å²) in [4.78, 5) is 0. The van der Waals surface area contributed by atoms with Gasteiger partial charge in [-0.3, -0.25) is 0 Å². The van der Waals surface area contributed by atoms with E-state index < -0.39 is 0 Å². The van der Waals surface area contributed by atoms with Gasteiger partial charge in [0, 0.05) is 6.07 Å². The summed E-state index contributed by atoms with van der Waals surface area (Å²) in [5.41, 5.74) is 2.34. The normalized spacial score (nSPS) is 13.1. The molecule has 26 heavy (non-hydrogen) atoms. The molecule has 4 heteroatoms. The van der Waals surface area contributed by atoms with Gasteiger partial charge in [0.05, 0.1) is 5.69 Å². The lowest BCUT2D eigenvalue weighted by Crippen LogP contribution is -2.05. The predicted molar refractivity (Wildman–Crippen MR) is 101 cm³/mol. The zero-order valence-corrected chi connectivity index (χ0v) is 14.9. The third kappa shape index (κ3) is 3.85. The van der Waals surface area contributed by atoms with Gasteiger partial charge >= 0.3 is 0 Å². The van der Waals surface area contributed by atoms with Gasteiger partial charge in [-0.1, -0.05) is 49.4 Å². The number of hydrogen-bond donors (Lipinski definition) is 0. The van der Waals surface area contributed by atoms with Crippen LogP contribution in [0.5, 0.6) is 23.1 Å². The number of aryl methyl sites for hydroxylation is 2. The van der Waals surface area contributed by atoms with Crippen molar-refractivity contribution in [2.75, 3.05) is 0 Å². The molecule has 0 bridgehead atoms. The predicted octanol–water partition coefficient (Wildman–Crippen LogP) is 5.58. The maximum Gasteiger partial charge on any atom is 0.282 e. The summed E-state index contributed by atoms with van der Waals surface area (Å²) in [5, 5.41) is 8.49. The average Bonchev–Trinajstić information content (AvgIpc) is 2.69. The molecule has 1 aromatic heterocycles. The minimum atomic E-state index is 0.435. The summed E-state index contributed by atoms with van der Waals surface area (Å²) in [5.74, 6) is 3.10. The van der Waals surface area contributed by atoms with Gasteiger partial charge in [0.25, 0.3) is 5.88 Å². The number of nitrogens with zero attached hydrogens (tertiary/aromatic N) is 2. The van der Waals surface area contributed by atoms with E-state index in [1.54, 1.807) is 0 Å². The zero-order valence-electron chi connectivity index (χ0n) is 14.9. The van der Waals surface area contributed by atoms with Crippen LogP contribution in [-0.4, -0.2) is 10.2 Å². The smallest absolute Gasteiger partial charge is 0.282 e. The van der Waals surface area contributed by atoms with Gasteiger partial charge in [0.2, 0.25) is 0 Å². The molecular formula is C22H22N2O2. The summed E-state index contributed by atoms with van der Waals surface area (Å²) in [6, 6.07) is 20.2. The van der Waals surface area contributed by atoms with E-state index in [1.807, 2.05) is 30.3 Å². The van der Waals surface area contributed by atoms with Crippen molar-refractivity contribution in [3.05, 3.63) is 71.9 Å². The standard InChI is InChI=1S/C22H22N2O2/c1-16(11-13-17-7-3-2-4-8-17)12-14-18-15-21-22(24-23-18)26-20-10-6-5-9-19(20)25-21/h2-10,15-16H,11-14H2,1H3. The van der Waals surface area contributed by atoms with Crippen LogP contribution in [0.25, 0.3) is 0 Å². The minimum absolute atomic E-state index is 0.435. The molecule has 0 fully saturated rings. The molecule has 0 N–H and O–H groups in total. The summed E-state index contributed by atoms with van der Waals surface area (Å²) in [7, 11) is 0. The molecule has 1 aliphatic rings. The molecule has 1 atom stereocenters. The Bertz CT molecular complexity index is 880. The molecule has 0 spiro atoms. The fraction of sp³-hybridized carbons (Fsp3) is 0.273. The fourth-order valence-corrected chi connectivity index (χ4v) is 3.10. The Morgan fingerprint density at radius 1 is 0.769 bits per heavy atom. The lowest BCUT2D eigenvalue weighted by atomic mass is 9.96. The van der Waals surface area contributed by atoms with Crippen molar-refractivity contribution in [3.63, 3.8) is 0 Å². The van der Waals surface area contributed by atoms with Crippen LogP contribution in [0.2, 0.25) is 0 Å². The highest BCUT2D eigenvalue weighted by Gasteiger charge is 2.20. The molecular weight excluding hydrogens is 324 g/mol. The van der Waals surface area contributed by atoms with Crippen LogP contribution >= 0.6 is 0 Å². The number of hydrogen-bond acceptors (Lipinski definition) is 4. The topological polar surface area (TPSA) is 44.2 Å². The van der Waals surface area contributed by atoms with Gasteiger partial charge in [-0.25, -0.2) is 0 Å². The Kier molecular flexibility index (Phi) is 4.82. The second kappa shape index (κ2) is 7.56. The quantitative estimate of drug-likeness (QED) is 0.457. The van der Waals surface area contributed by atoms with Crippen molar-refractivity contribution in [3.8, 4) is 23.1 Å². The van der Waals surface area contributed by atoms with Crippen LogP contribution in [0.4, 0.5) is 0 Å². The molecule has 1 unspecified atom stereocenters. The fourth-order valence-electron chi connectivity index (χ4n) is 3.10. The maximum absolute atomic E-state index is 5.90. The SMILES string of the molecule is CC(CCc1ccccc1)CCc1cc2c(nn1)Oc1ccccc1O2. The molecule has 0 saturated heterocycles. The van der Waals surface area contributed by atoms with Crippen LogP contribution in [0, 0.1) is 5.92 Å². The van der Waals surface area contributed by atoms with Crippen molar-refractivity contribution >= 4 is 0 Å². The van der Waals surface area contributed by atoms with E-state index in [0.717, 1.165) is 30.7 Å². The molecule has 3 aromatic rings. The third-order valence-electron chi connectivity index (χ3n) is 4.72. The summed E-state index contributed by atoms with van der Waals surface area (Å²) in [6.45, 7) is 2.30. The molecule has 0 saturated carbocycles. The molecule has 0 amide bonds. The van der Waals surface area contributed by atoms with Gasteiger partial charge in [0.15, 0.2) is 17.2 Å². The summed E-state index contributed by atoms with van der Waals surface area (Å²) < 4.78 is 11.6. The van der Waals surface area contributed by atoms with Crippen LogP contribution < -0.4 is 9.47 Å². The van der Waals surface area contributed by atoms with E-state index in [0.29, 0.717) is 23.3 Å². The second-order valence-corrected chi connectivity index (χ2v) is 6.82. The van der Waals surface area contributed by atoms with E-state index in [1.165, 1.54) is 12.0 Å². The molecule has 2 aromatic carbocycles. The third-order valence-corrected chi connectivity index (χ3v) is 4.72. The van der Waals surface area contributed by atoms with Crippen molar-refractivity contribution in [1.29, 1.82) is 0 Å². The van der Waals surface area contributed by atoms with Crippen LogP contribution in [0.15, 0.2) is 60.7 Å². The Morgan fingerprint density at radius 2 is 1.46 bits per heavy atom. The first kappa shape index (κ1) is 16.6. The Morgan fingerprint density at radius 3 is 2.27 bits per heavy atom. The van der Waals surface area contributed by atoms with Gasteiger partial charge in [-0.15, -0.1) is 5.10 Å². The van der Waals surface area contributed by atoms with E-state index in [4.69, 9.17) is 9.47 Å². The molecule has 1 aliphatic heterocycles. The van der Waals surface area contributed by atoms with Gasteiger partial charge < -0.3 is 9.47 Å². The molecule has 132 valence electrons. The number of ether oxygens (including phenoxy) is 2. The van der Waals surface area contributed by atoms with Crippen molar-refractivity contribution in [2.45, 2.75) is 32.6 Å². The number of para-hydroxylation sites is 2. The first-order chi connectivity index (χ1) is 12.8. The van der Waals surface area contributed by atoms with E-state index >= 15 is 0 Å². The van der Waals surface area contributed by atoms with Crippen LogP contribution in [-0.2, 0) is 12.8 Å². The monoisotopic (exact) mass is 346 g/mol. The van der Waals surface area contributed by atoms with Gasteiger partial charge in [-0.05, 0) is 49.3 Å². The minimum Gasteiger partial charge on any atom is -0.448 e. The number of fused-ring (bicyclic) bond motifs is 2. The number of benzene rings is 2. The highest BCUT2D eigenvalue weighted by molar-refractivity contribution is 5.51. The summed E-state index contributed by atoms with van der Waals surface area (Å²) >= 11 is 0. The Hall–Kier alpha value is -2.88. The highest BCUT2D eigenvalue weighted by Crippen LogP contribution is 2.43. The molecule has 4 rings (SSSR count). The van der Waals surface area contributed by atoms with Crippen molar-refractivity contribution in [2.24, 2.45) is 5.92 Å². The number of aromatic nitrogens is 2. The van der Waals surface area contributed by atoms with Gasteiger partial charge in [0.1, 0.15) is 0 Å². The summed E-state index contributed by atoms with van der Waals surface area (Å²) in [6.07, 6.45) is 4.26. The van der Waals surface area contributed by atoms with E-state index in [2.05, 4.69) is 47.5 Å². The van der Waals surface area contributed by atoms with Crippen LogP contribution in [0.3, 0.4) is 0 Å². The lowest BCUT2D eigenvalue weighted by Gasteiger charge is -2.19. The molecule has 0 radical (unpaired) electrons. The largest absolute Gasteiger partial charge is 0.448 e. The van der Waals surface area contributed by atoms with Crippen molar-refractivity contribution in [1.82, 2.24) is 10.2 Å². The second-order valence-electron chi connectivity index (χ2n) is 6.82. The lowest BCUT2D eigenvalue weighted by molar-refractivity contribution is 0.341. The van der Waals surface area contributed by atoms with E-state index in [-0.39, 0.29) is 0 Å². The van der Waals surface area contributed by atoms with Crippen LogP contribution in [0.1, 0.15) is 31.0 Å². The zero-order chi connectivity index (χ0) is 17.8. The average molecular weight is 346 g/mol. The number of rotatable bonds is 6. The highest BCUT2D eigenvalue weighted by atomic mass is 16.6. The molecule has 0 aliphatic carbocycles.